The Kier molecular flexibility index (Phi) is 5.04. The fourth-order valence-electron chi connectivity index (χ4n) is 1.53. The second-order valence-corrected chi connectivity index (χ2v) is 8.50. The average molecular weight is 318 g/mol. The van der Waals surface area contributed by atoms with Crippen LogP contribution in [-0.4, -0.2) is 37.1 Å². The lowest BCUT2D eigenvalue weighted by atomic mass is 10.2. The van der Waals surface area contributed by atoms with Crippen LogP contribution in [0.5, 0.6) is 0 Å². The Hall–Kier alpha value is -1.28. The van der Waals surface area contributed by atoms with Crippen LogP contribution in [0.3, 0.4) is 0 Å². The molecule has 0 saturated heterocycles. The number of hydrogen-bond donors (Lipinski definition) is 1. The van der Waals surface area contributed by atoms with E-state index in [4.69, 9.17) is 0 Å². The minimum Gasteiger partial charge on any atom is -0.378 e. The second kappa shape index (κ2) is 6.01. The summed E-state index contributed by atoms with van der Waals surface area (Å²) in [6.45, 7) is 4.48. The van der Waals surface area contributed by atoms with E-state index in [-0.39, 0.29) is 15.3 Å². The largest absolute Gasteiger partial charge is 0.378 e. The molecule has 20 heavy (non-hydrogen) atoms. The summed E-state index contributed by atoms with van der Waals surface area (Å²) in [7, 11) is -3.65. The van der Waals surface area contributed by atoms with Gasteiger partial charge in [-0.15, -0.1) is 0 Å². The number of thioether (sulfide) groups is 1. The zero-order chi connectivity index (χ0) is 15.6. The van der Waals surface area contributed by atoms with Crippen LogP contribution in [0.25, 0.3) is 0 Å². The van der Waals surface area contributed by atoms with Crippen LogP contribution in [0.15, 0.2) is 23.1 Å². The molecule has 1 rings (SSSR count). The summed E-state index contributed by atoms with van der Waals surface area (Å²) in [5, 5.41) is 14.2. The third kappa shape index (κ3) is 4.11. The Morgan fingerprint density at radius 2 is 2.00 bits per heavy atom. The molecule has 6 nitrogen and oxygen atoms in total. The summed E-state index contributed by atoms with van der Waals surface area (Å²) < 4.78 is 23.1. The predicted octanol–water partition coefficient (Wildman–Crippen LogP) is 2.55. The Labute approximate surface area is 123 Å². The molecule has 0 aliphatic rings. The minimum absolute atomic E-state index is 0.116. The fraction of sp³-hybridized carbons (Fsp3) is 0.500. The van der Waals surface area contributed by atoms with Gasteiger partial charge >= 0.3 is 5.69 Å². The van der Waals surface area contributed by atoms with E-state index in [9.17, 15) is 18.5 Å². The predicted molar refractivity (Wildman–Crippen MR) is 82.3 cm³/mol. The number of anilines is 1. The maximum absolute atomic E-state index is 11.6. The number of nitro benzene ring substituents is 1. The summed E-state index contributed by atoms with van der Waals surface area (Å²) in [4.78, 5) is 10.2. The van der Waals surface area contributed by atoms with Gasteiger partial charge < -0.3 is 5.32 Å². The highest BCUT2D eigenvalue weighted by Gasteiger charge is 2.27. The summed E-state index contributed by atoms with van der Waals surface area (Å²) in [5.41, 5.74) is -0.174. The third-order valence-corrected chi connectivity index (χ3v) is 5.22. The highest BCUT2D eigenvalue weighted by Crippen LogP contribution is 2.33. The number of nitrogens with one attached hydrogen (secondary N) is 1. The SMILES string of the molecule is CSC(C)(C)CNc1cccc(S(C)(=O)=O)c1[N+](=O)[O-]. The van der Waals surface area contributed by atoms with Gasteiger partial charge in [0.15, 0.2) is 9.84 Å². The van der Waals surface area contributed by atoms with Crippen molar-refractivity contribution >= 4 is 33.0 Å². The maximum atomic E-state index is 11.6. The first-order chi connectivity index (χ1) is 9.08. The van der Waals surface area contributed by atoms with E-state index in [2.05, 4.69) is 5.32 Å². The van der Waals surface area contributed by atoms with Crippen LogP contribution >= 0.6 is 11.8 Å². The van der Waals surface area contributed by atoms with Crippen LogP contribution < -0.4 is 5.32 Å². The highest BCUT2D eigenvalue weighted by molar-refractivity contribution is 7.99. The Morgan fingerprint density at radius 3 is 2.45 bits per heavy atom. The smallest absolute Gasteiger partial charge is 0.310 e. The van der Waals surface area contributed by atoms with E-state index in [0.29, 0.717) is 6.54 Å². The lowest BCUT2D eigenvalue weighted by Crippen LogP contribution is -2.26. The molecule has 1 N–H and O–H groups in total. The molecule has 0 atom stereocenters. The second-order valence-electron chi connectivity index (χ2n) is 5.00. The van der Waals surface area contributed by atoms with Crippen LogP contribution in [0.2, 0.25) is 0 Å². The molecule has 0 amide bonds. The molecule has 8 heteroatoms. The Balaban J connectivity index is 3.25. The number of benzene rings is 1. The monoisotopic (exact) mass is 318 g/mol. The van der Waals surface area contributed by atoms with Gasteiger partial charge in [0.25, 0.3) is 0 Å². The summed E-state index contributed by atoms with van der Waals surface area (Å²) >= 11 is 1.62. The fourth-order valence-corrected chi connectivity index (χ4v) is 2.61. The molecule has 0 aliphatic carbocycles. The number of para-hydroxylation sites is 1. The molecule has 0 bridgehead atoms. The zero-order valence-electron chi connectivity index (χ0n) is 11.8. The van der Waals surface area contributed by atoms with Crippen molar-refractivity contribution in [1.29, 1.82) is 0 Å². The standard InChI is InChI=1S/C12H18N2O4S2/c1-12(2,19-3)8-13-9-6-5-7-10(20(4,17)18)11(9)14(15)16/h5-7,13H,8H2,1-4H3. The topological polar surface area (TPSA) is 89.3 Å². The number of rotatable bonds is 6. The molecule has 0 aliphatic heterocycles. The molecule has 0 spiro atoms. The van der Waals surface area contributed by atoms with E-state index in [1.54, 1.807) is 11.8 Å². The van der Waals surface area contributed by atoms with Crippen molar-refractivity contribution in [2.24, 2.45) is 0 Å². The number of nitrogens with zero attached hydrogens (tertiary/aromatic N) is 1. The van der Waals surface area contributed by atoms with Gasteiger partial charge in [0.2, 0.25) is 0 Å². The molecule has 0 heterocycles. The van der Waals surface area contributed by atoms with E-state index in [1.807, 2.05) is 20.1 Å². The van der Waals surface area contributed by atoms with Gasteiger partial charge in [0.1, 0.15) is 10.6 Å². The molecule has 0 saturated carbocycles. The Morgan fingerprint density at radius 1 is 1.40 bits per heavy atom. The molecule has 0 radical (unpaired) electrons. The van der Waals surface area contributed by atoms with Crippen LogP contribution in [0, 0.1) is 10.1 Å². The van der Waals surface area contributed by atoms with Crippen LogP contribution in [0.1, 0.15) is 13.8 Å². The molecule has 0 unspecified atom stereocenters. The summed E-state index contributed by atoms with van der Waals surface area (Å²) in [6.07, 6.45) is 2.91. The van der Waals surface area contributed by atoms with E-state index >= 15 is 0 Å². The van der Waals surface area contributed by atoms with Gasteiger partial charge in [-0.1, -0.05) is 6.07 Å². The van der Waals surface area contributed by atoms with E-state index in [0.717, 1.165) is 6.26 Å². The quantitative estimate of drug-likeness (QED) is 0.640. The van der Waals surface area contributed by atoms with Gasteiger partial charge in [-0.25, -0.2) is 8.42 Å². The van der Waals surface area contributed by atoms with Crippen molar-refractivity contribution < 1.29 is 13.3 Å². The van der Waals surface area contributed by atoms with Crippen molar-refractivity contribution in [3.63, 3.8) is 0 Å². The molecular weight excluding hydrogens is 300 g/mol. The first-order valence-electron chi connectivity index (χ1n) is 5.85. The van der Waals surface area contributed by atoms with Crippen LogP contribution in [0.4, 0.5) is 11.4 Å². The van der Waals surface area contributed by atoms with Gasteiger partial charge in [0, 0.05) is 17.5 Å². The van der Waals surface area contributed by atoms with E-state index in [1.165, 1.54) is 18.2 Å². The first-order valence-corrected chi connectivity index (χ1v) is 8.96. The molecular formula is C12H18N2O4S2. The van der Waals surface area contributed by atoms with Crippen molar-refractivity contribution in [2.75, 3.05) is 24.4 Å². The number of nitro groups is 1. The lowest BCUT2D eigenvalue weighted by Gasteiger charge is -2.23. The molecule has 112 valence electrons. The van der Waals surface area contributed by atoms with Crippen molar-refractivity contribution in [3.8, 4) is 0 Å². The number of hydrogen-bond acceptors (Lipinski definition) is 6. The zero-order valence-corrected chi connectivity index (χ0v) is 13.5. The molecule has 1 aromatic carbocycles. The van der Waals surface area contributed by atoms with Crippen LogP contribution in [-0.2, 0) is 9.84 Å². The van der Waals surface area contributed by atoms with E-state index < -0.39 is 20.4 Å². The maximum Gasteiger partial charge on any atom is 0.310 e. The normalized spacial score (nSPS) is 12.2. The van der Waals surface area contributed by atoms with Crippen molar-refractivity contribution in [3.05, 3.63) is 28.3 Å². The third-order valence-electron chi connectivity index (χ3n) is 2.84. The molecule has 0 aromatic heterocycles. The van der Waals surface area contributed by atoms with Gasteiger partial charge in [0.05, 0.1) is 4.92 Å². The van der Waals surface area contributed by atoms with Gasteiger partial charge in [-0.2, -0.15) is 11.8 Å². The Bertz CT molecular complexity index is 612. The minimum atomic E-state index is -3.65. The molecule has 0 fully saturated rings. The highest BCUT2D eigenvalue weighted by atomic mass is 32.2. The summed E-state index contributed by atoms with van der Waals surface area (Å²) in [5.74, 6) is 0. The summed E-state index contributed by atoms with van der Waals surface area (Å²) in [6, 6.07) is 4.26. The van der Waals surface area contributed by atoms with Crippen molar-refractivity contribution in [1.82, 2.24) is 0 Å². The van der Waals surface area contributed by atoms with Gasteiger partial charge in [-0.3, -0.25) is 10.1 Å². The molecule has 1 aromatic rings. The van der Waals surface area contributed by atoms with Crippen molar-refractivity contribution in [2.45, 2.75) is 23.5 Å². The van der Waals surface area contributed by atoms with Gasteiger partial charge in [-0.05, 0) is 32.2 Å². The first kappa shape index (κ1) is 16.8. The average Bonchev–Trinajstić information content (AvgIpc) is 2.34. The number of sulfone groups is 1. The lowest BCUT2D eigenvalue weighted by molar-refractivity contribution is -0.386.